The smallest absolute Gasteiger partial charge is 0.389 e. The van der Waals surface area contributed by atoms with Crippen LogP contribution in [-0.4, -0.2) is 21.9 Å². The first kappa shape index (κ1) is 24.8. The van der Waals surface area contributed by atoms with E-state index in [-0.39, 0.29) is 17.8 Å². The molecule has 36 heavy (non-hydrogen) atoms. The molecule has 0 spiro atoms. The van der Waals surface area contributed by atoms with Gasteiger partial charge in [-0.3, -0.25) is 4.98 Å². The molecule has 0 amide bonds. The predicted octanol–water partition coefficient (Wildman–Crippen LogP) is 6.96. The zero-order valence-electron chi connectivity index (χ0n) is 20.3. The van der Waals surface area contributed by atoms with Crippen LogP contribution in [0.2, 0.25) is 0 Å². The third-order valence-electron chi connectivity index (χ3n) is 8.18. The number of aromatic nitrogens is 1. The highest BCUT2D eigenvalue weighted by Gasteiger charge is 2.52. The summed E-state index contributed by atoms with van der Waals surface area (Å²) in [5.74, 6) is 0.933. The second-order valence-corrected chi connectivity index (χ2v) is 10.6. The van der Waals surface area contributed by atoms with Crippen molar-refractivity contribution < 1.29 is 23.0 Å². The molecule has 1 N–H and O–H groups in total. The van der Waals surface area contributed by atoms with Gasteiger partial charge in [0.25, 0.3) is 0 Å². The van der Waals surface area contributed by atoms with Crippen molar-refractivity contribution in [2.75, 3.05) is 0 Å². The summed E-state index contributed by atoms with van der Waals surface area (Å²) in [6.07, 6.45) is 2.08. The van der Waals surface area contributed by atoms with E-state index in [9.17, 15) is 18.3 Å². The van der Waals surface area contributed by atoms with Crippen LogP contribution in [0.1, 0.15) is 60.8 Å². The zero-order valence-corrected chi connectivity index (χ0v) is 20.3. The van der Waals surface area contributed by atoms with Crippen molar-refractivity contribution in [2.45, 2.75) is 75.2 Å². The first-order valence-electron chi connectivity index (χ1n) is 12.7. The number of ether oxygens (including phenoxy) is 1. The Morgan fingerprint density at radius 3 is 2.56 bits per heavy atom. The van der Waals surface area contributed by atoms with Crippen LogP contribution < -0.4 is 4.74 Å². The Morgan fingerprint density at radius 2 is 1.81 bits per heavy atom. The fraction of sp³-hybridized carbons (Fsp3) is 0.433. The van der Waals surface area contributed by atoms with E-state index < -0.39 is 18.2 Å². The van der Waals surface area contributed by atoms with Gasteiger partial charge in [0.1, 0.15) is 12.4 Å². The van der Waals surface area contributed by atoms with Gasteiger partial charge < -0.3 is 9.84 Å². The predicted molar refractivity (Wildman–Crippen MR) is 133 cm³/mol. The van der Waals surface area contributed by atoms with Crippen molar-refractivity contribution >= 4 is 0 Å². The lowest BCUT2D eigenvalue weighted by atomic mass is 9.52. The van der Waals surface area contributed by atoms with Gasteiger partial charge in [-0.1, -0.05) is 42.5 Å². The van der Waals surface area contributed by atoms with Crippen LogP contribution >= 0.6 is 0 Å². The van der Waals surface area contributed by atoms with Gasteiger partial charge in [-0.15, -0.1) is 0 Å². The van der Waals surface area contributed by atoms with Gasteiger partial charge >= 0.3 is 6.18 Å². The van der Waals surface area contributed by atoms with Crippen molar-refractivity contribution in [1.29, 1.82) is 0 Å². The molecule has 3 aromatic rings. The van der Waals surface area contributed by atoms with Crippen LogP contribution in [-0.2, 0) is 24.9 Å². The Kier molecular flexibility index (Phi) is 6.82. The quantitative estimate of drug-likeness (QED) is 0.385. The summed E-state index contributed by atoms with van der Waals surface area (Å²) in [6, 6.07) is 20.5. The van der Waals surface area contributed by atoms with Crippen LogP contribution in [0.3, 0.4) is 0 Å². The maximum absolute atomic E-state index is 13.0. The largest absolute Gasteiger partial charge is 0.489 e. The summed E-state index contributed by atoms with van der Waals surface area (Å²) in [7, 11) is 0. The second kappa shape index (κ2) is 9.89. The number of aryl methyl sites for hydroxylation is 1. The number of nitrogens with zero attached hydrogens (tertiary/aromatic N) is 1. The van der Waals surface area contributed by atoms with E-state index in [1.807, 2.05) is 36.4 Å². The van der Waals surface area contributed by atoms with Gasteiger partial charge in [0.15, 0.2) is 0 Å². The molecular formula is C30H32F3NO2. The standard InChI is InChI=1S/C30H32F3NO2/c31-30(32,33)15-13-28(35)12-14-29(18-22-5-2-1-3-6-22)25(19-28)9-8-24-17-26(10-11-27(24)29)36-21-23-7-4-16-34-20-23/h1-7,10-11,16-17,20,25,35H,8-9,12-15,18-19,21H2/t25-,28-,29+/m0/s1. The summed E-state index contributed by atoms with van der Waals surface area (Å²) >= 11 is 0. The van der Waals surface area contributed by atoms with Gasteiger partial charge in [0, 0.05) is 29.8 Å². The highest BCUT2D eigenvalue weighted by Crippen LogP contribution is 2.55. The van der Waals surface area contributed by atoms with E-state index in [1.165, 1.54) is 16.7 Å². The molecule has 190 valence electrons. The SMILES string of the molecule is O[C@]1(CCC(F)(F)F)CC[C@]2(Cc3ccccc3)c3ccc(OCc4cccnc4)cc3CC[C@H]2C1. The molecule has 3 nitrogen and oxygen atoms in total. The number of halogens is 3. The first-order chi connectivity index (χ1) is 17.2. The van der Waals surface area contributed by atoms with Crippen molar-refractivity contribution in [2.24, 2.45) is 5.92 Å². The number of hydrogen-bond donors (Lipinski definition) is 1. The molecule has 2 aliphatic carbocycles. The van der Waals surface area contributed by atoms with E-state index in [2.05, 4.69) is 29.2 Å². The molecule has 1 aromatic heterocycles. The van der Waals surface area contributed by atoms with Gasteiger partial charge in [0.2, 0.25) is 0 Å². The Labute approximate surface area is 210 Å². The van der Waals surface area contributed by atoms with E-state index in [4.69, 9.17) is 4.74 Å². The number of benzene rings is 2. The van der Waals surface area contributed by atoms with Crippen molar-refractivity contribution in [3.05, 3.63) is 95.3 Å². The summed E-state index contributed by atoms with van der Waals surface area (Å²) in [5, 5.41) is 11.2. The van der Waals surface area contributed by atoms with E-state index in [1.54, 1.807) is 12.4 Å². The Hall–Kier alpha value is -2.86. The average molecular weight is 496 g/mol. The number of pyridine rings is 1. The lowest BCUT2D eigenvalue weighted by molar-refractivity contribution is -0.153. The molecule has 0 bridgehead atoms. The molecule has 0 unspecified atom stereocenters. The third kappa shape index (κ3) is 5.44. The van der Waals surface area contributed by atoms with Crippen LogP contribution in [0.15, 0.2) is 73.1 Å². The highest BCUT2D eigenvalue weighted by molar-refractivity contribution is 5.45. The molecule has 1 saturated carbocycles. The third-order valence-corrected chi connectivity index (χ3v) is 8.18. The molecule has 1 fully saturated rings. The zero-order chi connectivity index (χ0) is 25.2. The van der Waals surface area contributed by atoms with Crippen molar-refractivity contribution in [3.63, 3.8) is 0 Å². The Bertz CT molecular complexity index is 1170. The monoisotopic (exact) mass is 495 g/mol. The van der Waals surface area contributed by atoms with Crippen LogP contribution in [0.25, 0.3) is 0 Å². The topological polar surface area (TPSA) is 42.4 Å². The molecule has 2 aliphatic rings. The summed E-state index contributed by atoms with van der Waals surface area (Å²) in [6.45, 7) is 0.441. The van der Waals surface area contributed by atoms with Gasteiger partial charge in [-0.05, 0) is 85.8 Å². The Morgan fingerprint density at radius 1 is 1.00 bits per heavy atom. The minimum Gasteiger partial charge on any atom is -0.489 e. The summed E-state index contributed by atoms with van der Waals surface area (Å²) < 4.78 is 44.9. The van der Waals surface area contributed by atoms with Crippen LogP contribution in [0, 0.1) is 5.92 Å². The van der Waals surface area contributed by atoms with E-state index in [0.29, 0.717) is 25.9 Å². The molecule has 6 heteroatoms. The fourth-order valence-electron chi connectivity index (χ4n) is 6.37. The molecule has 0 aliphatic heterocycles. The number of hydrogen-bond acceptors (Lipinski definition) is 3. The van der Waals surface area contributed by atoms with E-state index in [0.717, 1.165) is 30.6 Å². The fourth-order valence-corrected chi connectivity index (χ4v) is 6.37. The lowest BCUT2D eigenvalue weighted by Crippen LogP contribution is -2.51. The minimum atomic E-state index is -4.25. The molecule has 1 heterocycles. The summed E-state index contributed by atoms with van der Waals surface area (Å²) in [4.78, 5) is 4.14. The molecule has 0 saturated heterocycles. The number of aliphatic hydroxyl groups is 1. The Balaban J connectivity index is 1.42. The first-order valence-corrected chi connectivity index (χ1v) is 12.7. The van der Waals surface area contributed by atoms with Crippen LogP contribution in [0.4, 0.5) is 13.2 Å². The highest BCUT2D eigenvalue weighted by atomic mass is 19.4. The molecule has 2 aromatic carbocycles. The van der Waals surface area contributed by atoms with Gasteiger partial charge in [-0.25, -0.2) is 0 Å². The van der Waals surface area contributed by atoms with E-state index >= 15 is 0 Å². The average Bonchev–Trinajstić information content (AvgIpc) is 2.87. The van der Waals surface area contributed by atoms with Crippen molar-refractivity contribution in [3.8, 4) is 5.75 Å². The second-order valence-electron chi connectivity index (χ2n) is 10.6. The van der Waals surface area contributed by atoms with Crippen LogP contribution in [0.5, 0.6) is 5.75 Å². The normalized spacial score (nSPS) is 25.6. The maximum atomic E-state index is 13.0. The summed E-state index contributed by atoms with van der Waals surface area (Å²) in [5.41, 5.74) is 3.25. The molecule has 5 rings (SSSR count). The lowest BCUT2D eigenvalue weighted by Gasteiger charge is -2.53. The number of alkyl halides is 3. The van der Waals surface area contributed by atoms with Crippen molar-refractivity contribution in [1.82, 2.24) is 4.98 Å². The van der Waals surface area contributed by atoms with Gasteiger partial charge in [-0.2, -0.15) is 13.2 Å². The maximum Gasteiger partial charge on any atom is 0.389 e. The molecular weight excluding hydrogens is 463 g/mol. The van der Waals surface area contributed by atoms with Gasteiger partial charge in [0.05, 0.1) is 5.60 Å². The number of fused-ring (bicyclic) bond motifs is 3. The molecule has 0 radical (unpaired) electrons. The minimum absolute atomic E-state index is 0.124. The number of rotatable bonds is 7. The molecule has 3 atom stereocenters.